The molecular weight excluding hydrogens is 222 g/mol. The molecule has 6 heteroatoms. The molecular formula is C11H9N3O3. The van der Waals surface area contributed by atoms with Crippen molar-refractivity contribution < 1.29 is 14.3 Å². The minimum atomic E-state index is -0.750. The van der Waals surface area contributed by atoms with E-state index >= 15 is 0 Å². The Hall–Kier alpha value is -2.42. The Bertz CT molecular complexity index is 521. The van der Waals surface area contributed by atoms with Gasteiger partial charge in [0.1, 0.15) is 11.9 Å². The van der Waals surface area contributed by atoms with Crippen LogP contribution in [0.4, 0.5) is 10.6 Å². The summed E-state index contributed by atoms with van der Waals surface area (Å²) in [5, 5.41) is 8.77. The second-order valence-electron chi connectivity index (χ2n) is 3.64. The van der Waals surface area contributed by atoms with E-state index in [0.29, 0.717) is 17.7 Å². The zero-order chi connectivity index (χ0) is 12.4. The molecule has 1 atom stereocenters. The quantitative estimate of drug-likeness (QED) is 0.702. The van der Waals surface area contributed by atoms with Crippen LogP contribution in [-0.4, -0.2) is 30.0 Å². The van der Waals surface area contributed by atoms with E-state index in [4.69, 9.17) is 10.00 Å². The smallest absolute Gasteiger partial charge is 0.416 e. The Morgan fingerprint density at radius 2 is 2.47 bits per heavy atom. The summed E-state index contributed by atoms with van der Waals surface area (Å²) in [4.78, 5) is 27.2. The van der Waals surface area contributed by atoms with E-state index in [1.165, 1.54) is 11.1 Å². The Labute approximate surface area is 97.4 Å². The minimum Gasteiger partial charge on any atom is -0.436 e. The van der Waals surface area contributed by atoms with Gasteiger partial charge in [-0.1, -0.05) is 0 Å². The van der Waals surface area contributed by atoms with Crippen LogP contribution in [0, 0.1) is 18.3 Å². The lowest BCUT2D eigenvalue weighted by molar-refractivity contribution is -0.113. The summed E-state index contributed by atoms with van der Waals surface area (Å²) < 4.78 is 4.79. The first kappa shape index (κ1) is 11.1. The second kappa shape index (κ2) is 4.22. The van der Waals surface area contributed by atoms with E-state index in [2.05, 4.69) is 4.98 Å². The van der Waals surface area contributed by atoms with Gasteiger partial charge in [0.25, 0.3) is 0 Å². The average molecular weight is 231 g/mol. The largest absolute Gasteiger partial charge is 0.436 e. The number of carbonyl (C=O) groups is 2. The van der Waals surface area contributed by atoms with E-state index in [1.807, 2.05) is 6.07 Å². The van der Waals surface area contributed by atoms with Gasteiger partial charge in [-0.3, -0.25) is 9.69 Å². The highest BCUT2D eigenvalue weighted by Crippen LogP contribution is 2.20. The number of nitriles is 1. The standard InChI is InChI=1S/C11H9N3O3/c1-7-2-10(13-4-8(7)3-12)14-5-9(6-15)17-11(14)16/h2,4,6,9H,5H2,1H3. The van der Waals surface area contributed by atoms with E-state index in [-0.39, 0.29) is 6.54 Å². The molecule has 2 rings (SSSR count). The molecule has 0 radical (unpaired) electrons. The molecule has 1 aromatic rings. The van der Waals surface area contributed by atoms with Crippen LogP contribution in [0.3, 0.4) is 0 Å². The highest BCUT2D eigenvalue weighted by atomic mass is 16.6. The highest BCUT2D eigenvalue weighted by Gasteiger charge is 2.32. The molecule has 2 heterocycles. The zero-order valence-electron chi connectivity index (χ0n) is 9.08. The third-order valence-corrected chi connectivity index (χ3v) is 2.48. The molecule has 1 fully saturated rings. The number of hydrogen-bond donors (Lipinski definition) is 0. The van der Waals surface area contributed by atoms with Crippen LogP contribution in [0.1, 0.15) is 11.1 Å². The monoisotopic (exact) mass is 231 g/mol. The Balaban J connectivity index is 2.30. The SMILES string of the molecule is Cc1cc(N2CC(C=O)OC2=O)ncc1C#N. The molecule has 0 aromatic carbocycles. The number of aromatic nitrogens is 1. The van der Waals surface area contributed by atoms with Gasteiger partial charge in [-0.25, -0.2) is 9.78 Å². The van der Waals surface area contributed by atoms with Gasteiger partial charge in [-0.2, -0.15) is 5.26 Å². The number of ether oxygens (including phenoxy) is 1. The third kappa shape index (κ3) is 1.95. The number of cyclic esters (lactones) is 1. The van der Waals surface area contributed by atoms with Gasteiger partial charge in [0.05, 0.1) is 12.1 Å². The van der Waals surface area contributed by atoms with Crippen LogP contribution in [0.15, 0.2) is 12.3 Å². The maximum Gasteiger partial charge on any atom is 0.416 e. The first-order valence-corrected chi connectivity index (χ1v) is 4.96. The number of pyridine rings is 1. The summed E-state index contributed by atoms with van der Waals surface area (Å²) in [6.45, 7) is 1.91. The number of nitrogens with zero attached hydrogens (tertiary/aromatic N) is 3. The third-order valence-electron chi connectivity index (χ3n) is 2.48. The number of hydrogen-bond acceptors (Lipinski definition) is 5. The molecule has 1 aliphatic rings. The van der Waals surface area contributed by atoms with Crippen molar-refractivity contribution in [2.45, 2.75) is 13.0 Å². The lowest BCUT2D eigenvalue weighted by Gasteiger charge is -2.11. The van der Waals surface area contributed by atoms with Crippen LogP contribution >= 0.6 is 0 Å². The second-order valence-corrected chi connectivity index (χ2v) is 3.64. The molecule has 1 amide bonds. The van der Waals surface area contributed by atoms with Gasteiger partial charge in [-0.05, 0) is 18.6 Å². The van der Waals surface area contributed by atoms with Crippen molar-refractivity contribution in [3.05, 3.63) is 23.4 Å². The number of aldehydes is 1. The number of anilines is 1. The van der Waals surface area contributed by atoms with Gasteiger partial charge >= 0.3 is 6.09 Å². The van der Waals surface area contributed by atoms with Gasteiger partial charge in [0.2, 0.25) is 0 Å². The van der Waals surface area contributed by atoms with Gasteiger partial charge in [0, 0.05) is 6.20 Å². The predicted molar refractivity (Wildman–Crippen MR) is 57.4 cm³/mol. The topological polar surface area (TPSA) is 83.3 Å². The molecule has 0 saturated carbocycles. The Kier molecular flexibility index (Phi) is 2.75. The van der Waals surface area contributed by atoms with Crippen molar-refractivity contribution in [1.82, 2.24) is 4.98 Å². The Morgan fingerprint density at radius 3 is 3.00 bits per heavy atom. The van der Waals surface area contributed by atoms with Crippen molar-refractivity contribution in [1.29, 1.82) is 5.26 Å². The maximum absolute atomic E-state index is 11.4. The molecule has 17 heavy (non-hydrogen) atoms. The Morgan fingerprint density at radius 1 is 1.71 bits per heavy atom. The first-order valence-electron chi connectivity index (χ1n) is 4.96. The predicted octanol–water partition coefficient (Wildman–Crippen LogP) is 0.786. The minimum absolute atomic E-state index is 0.153. The summed E-state index contributed by atoms with van der Waals surface area (Å²) >= 11 is 0. The molecule has 0 aliphatic carbocycles. The first-order chi connectivity index (χ1) is 8.15. The summed E-state index contributed by atoms with van der Waals surface area (Å²) in [7, 11) is 0. The molecule has 1 saturated heterocycles. The molecule has 1 aliphatic heterocycles. The molecule has 0 spiro atoms. The van der Waals surface area contributed by atoms with Crippen molar-refractivity contribution >= 4 is 18.2 Å². The van der Waals surface area contributed by atoms with E-state index in [1.54, 1.807) is 13.0 Å². The molecule has 0 N–H and O–H groups in total. The lowest BCUT2D eigenvalue weighted by Crippen LogP contribution is -2.25. The van der Waals surface area contributed by atoms with Crippen molar-refractivity contribution in [3.8, 4) is 6.07 Å². The molecule has 1 aromatic heterocycles. The zero-order valence-corrected chi connectivity index (χ0v) is 9.08. The van der Waals surface area contributed by atoms with Crippen LogP contribution in [-0.2, 0) is 9.53 Å². The number of aryl methyl sites for hydroxylation is 1. The normalized spacial score (nSPS) is 18.7. The number of amides is 1. The maximum atomic E-state index is 11.4. The lowest BCUT2D eigenvalue weighted by atomic mass is 10.2. The summed E-state index contributed by atoms with van der Waals surface area (Å²) in [5.74, 6) is 0.385. The van der Waals surface area contributed by atoms with Gasteiger partial charge in [-0.15, -0.1) is 0 Å². The molecule has 6 nitrogen and oxygen atoms in total. The molecule has 86 valence electrons. The van der Waals surface area contributed by atoms with Gasteiger partial charge in [0.15, 0.2) is 12.4 Å². The fraction of sp³-hybridized carbons (Fsp3) is 0.273. The fourth-order valence-electron chi connectivity index (χ4n) is 1.55. The summed E-state index contributed by atoms with van der Waals surface area (Å²) in [6.07, 6.45) is 0.625. The van der Waals surface area contributed by atoms with Crippen molar-refractivity contribution in [2.75, 3.05) is 11.4 Å². The fourth-order valence-corrected chi connectivity index (χ4v) is 1.55. The van der Waals surface area contributed by atoms with Crippen LogP contribution in [0.2, 0.25) is 0 Å². The summed E-state index contributed by atoms with van der Waals surface area (Å²) in [5.41, 5.74) is 1.17. The molecule has 1 unspecified atom stereocenters. The summed E-state index contributed by atoms with van der Waals surface area (Å²) in [6, 6.07) is 3.61. The molecule has 0 bridgehead atoms. The van der Waals surface area contributed by atoms with Crippen LogP contribution in [0.5, 0.6) is 0 Å². The highest BCUT2D eigenvalue weighted by molar-refractivity contribution is 5.91. The number of rotatable bonds is 2. The van der Waals surface area contributed by atoms with Crippen LogP contribution < -0.4 is 4.90 Å². The van der Waals surface area contributed by atoms with Crippen LogP contribution in [0.25, 0.3) is 0 Å². The average Bonchev–Trinajstić information content (AvgIpc) is 2.70. The van der Waals surface area contributed by atoms with Crippen molar-refractivity contribution in [3.63, 3.8) is 0 Å². The van der Waals surface area contributed by atoms with E-state index < -0.39 is 12.2 Å². The number of carbonyl (C=O) groups excluding carboxylic acids is 2. The van der Waals surface area contributed by atoms with Gasteiger partial charge < -0.3 is 4.74 Å². The van der Waals surface area contributed by atoms with E-state index in [9.17, 15) is 9.59 Å². The van der Waals surface area contributed by atoms with E-state index in [0.717, 1.165) is 5.56 Å². The van der Waals surface area contributed by atoms with Crippen molar-refractivity contribution in [2.24, 2.45) is 0 Å².